The number of hydrogen-bond acceptors (Lipinski definition) is 5. The number of unbranched alkanes of at least 4 members (excludes halogenated alkanes) is 12. The lowest BCUT2D eigenvalue weighted by molar-refractivity contribution is -0.132. The second kappa shape index (κ2) is 27.1. The molecule has 4 atom stereocenters. The van der Waals surface area contributed by atoms with Crippen LogP contribution in [0.1, 0.15) is 129 Å². The summed E-state index contributed by atoms with van der Waals surface area (Å²) in [4.78, 5) is 12.3. The summed E-state index contributed by atoms with van der Waals surface area (Å²) in [5.74, 6) is -0.610. The summed E-state index contributed by atoms with van der Waals surface area (Å²) in [6.07, 6.45) is 27.6. The van der Waals surface area contributed by atoms with Crippen molar-refractivity contribution in [2.24, 2.45) is 0 Å². The number of amides is 1. The van der Waals surface area contributed by atoms with Gasteiger partial charge in [0, 0.05) is 0 Å². The maximum Gasteiger partial charge on any atom is 0.249 e. The van der Waals surface area contributed by atoms with Crippen molar-refractivity contribution in [2.75, 3.05) is 6.61 Å². The molecule has 0 rings (SSSR count). The monoisotopic (exact) mass is 537 g/mol. The van der Waals surface area contributed by atoms with Crippen LogP contribution in [0.15, 0.2) is 36.5 Å². The summed E-state index contributed by atoms with van der Waals surface area (Å²) in [6.45, 7) is 3.73. The van der Waals surface area contributed by atoms with Crippen LogP contribution in [0.3, 0.4) is 0 Å². The number of allylic oxidation sites excluding steroid dienone is 6. The Morgan fingerprint density at radius 2 is 1.21 bits per heavy atom. The second-order valence-corrected chi connectivity index (χ2v) is 10.4. The van der Waals surface area contributed by atoms with Gasteiger partial charge in [-0.2, -0.15) is 0 Å². The molecule has 0 aliphatic rings. The first-order chi connectivity index (χ1) is 18.5. The molecular weight excluding hydrogens is 478 g/mol. The Morgan fingerprint density at radius 1 is 0.684 bits per heavy atom. The average molecular weight is 538 g/mol. The molecule has 0 bridgehead atoms. The van der Waals surface area contributed by atoms with Gasteiger partial charge in [0.25, 0.3) is 0 Å². The van der Waals surface area contributed by atoms with E-state index in [1.807, 2.05) is 13.0 Å². The number of rotatable bonds is 26. The highest BCUT2D eigenvalue weighted by molar-refractivity contribution is 5.80. The Morgan fingerprint density at radius 3 is 1.82 bits per heavy atom. The van der Waals surface area contributed by atoms with Crippen molar-refractivity contribution in [1.29, 1.82) is 0 Å². The first-order valence-corrected chi connectivity index (χ1v) is 15.3. The van der Waals surface area contributed by atoms with E-state index in [9.17, 15) is 25.2 Å². The van der Waals surface area contributed by atoms with Gasteiger partial charge in [0.05, 0.1) is 18.8 Å². The first kappa shape index (κ1) is 36.5. The maximum atomic E-state index is 12.3. The molecule has 0 fully saturated rings. The molecule has 4 unspecified atom stereocenters. The van der Waals surface area contributed by atoms with Gasteiger partial charge >= 0.3 is 0 Å². The molecule has 0 aliphatic carbocycles. The van der Waals surface area contributed by atoms with Crippen LogP contribution in [-0.4, -0.2) is 57.3 Å². The lowest BCUT2D eigenvalue weighted by Crippen LogP contribution is -2.53. The molecule has 222 valence electrons. The molecule has 0 heterocycles. The van der Waals surface area contributed by atoms with Crippen molar-refractivity contribution in [1.82, 2.24) is 5.32 Å². The summed E-state index contributed by atoms with van der Waals surface area (Å²) < 4.78 is 0. The van der Waals surface area contributed by atoms with Gasteiger partial charge < -0.3 is 25.7 Å². The largest absolute Gasteiger partial charge is 0.394 e. The number of carbonyl (C=O) groups is 1. The number of hydrogen-bond donors (Lipinski definition) is 5. The average Bonchev–Trinajstić information content (AvgIpc) is 2.92. The van der Waals surface area contributed by atoms with E-state index < -0.39 is 36.9 Å². The Balaban J connectivity index is 3.94. The van der Waals surface area contributed by atoms with Crippen LogP contribution in [0.25, 0.3) is 0 Å². The van der Waals surface area contributed by atoms with Crippen molar-refractivity contribution in [3.63, 3.8) is 0 Å². The fourth-order valence-corrected chi connectivity index (χ4v) is 4.36. The number of aliphatic hydroxyl groups excluding tert-OH is 4. The van der Waals surface area contributed by atoms with Crippen molar-refractivity contribution >= 4 is 5.91 Å². The zero-order valence-corrected chi connectivity index (χ0v) is 24.4. The minimum absolute atomic E-state index is 0.351. The third-order valence-electron chi connectivity index (χ3n) is 6.90. The molecule has 38 heavy (non-hydrogen) atoms. The molecule has 0 aliphatic heterocycles. The van der Waals surface area contributed by atoms with E-state index in [1.165, 1.54) is 44.9 Å². The van der Waals surface area contributed by atoms with E-state index >= 15 is 0 Å². The topological polar surface area (TPSA) is 110 Å². The number of aliphatic hydroxyl groups is 4. The molecule has 6 heteroatoms. The quantitative estimate of drug-likeness (QED) is 0.0659. The van der Waals surface area contributed by atoms with Crippen molar-refractivity contribution < 1.29 is 25.2 Å². The first-order valence-electron chi connectivity index (χ1n) is 15.3. The lowest BCUT2D eigenvalue weighted by atomic mass is 10.00. The minimum Gasteiger partial charge on any atom is -0.394 e. The summed E-state index contributed by atoms with van der Waals surface area (Å²) in [7, 11) is 0. The van der Waals surface area contributed by atoms with Crippen LogP contribution in [0.5, 0.6) is 0 Å². The van der Waals surface area contributed by atoms with E-state index in [-0.39, 0.29) is 0 Å². The lowest BCUT2D eigenvalue weighted by Gasteiger charge is -2.27. The van der Waals surface area contributed by atoms with Gasteiger partial charge in [0.1, 0.15) is 12.2 Å². The van der Waals surface area contributed by atoms with E-state index in [4.69, 9.17) is 0 Å². The molecule has 6 nitrogen and oxygen atoms in total. The van der Waals surface area contributed by atoms with E-state index in [2.05, 4.69) is 42.6 Å². The zero-order chi connectivity index (χ0) is 28.3. The zero-order valence-electron chi connectivity index (χ0n) is 24.4. The fraction of sp³-hybridized carbons (Fsp3) is 0.781. The van der Waals surface area contributed by atoms with Gasteiger partial charge in [-0.1, -0.05) is 94.7 Å². The van der Waals surface area contributed by atoms with Gasteiger partial charge in [0.15, 0.2) is 0 Å². The molecule has 0 radical (unpaired) electrons. The summed E-state index contributed by atoms with van der Waals surface area (Å²) in [5.41, 5.74) is 0. The Bertz CT molecular complexity index is 619. The fourth-order valence-electron chi connectivity index (χ4n) is 4.36. The van der Waals surface area contributed by atoms with Gasteiger partial charge in [-0.15, -0.1) is 0 Å². The standard InChI is InChI=1S/C32H59NO5/c1-3-5-7-9-11-13-14-15-16-17-18-20-22-24-26-30(36)32(38)33-28(27-34)31(37)29(35)25-23-21-19-12-10-8-6-4-2/h4,6,12-14,19,28-31,34-37H,3,5,7-11,15-18,20-27H2,1-2H3,(H,33,38)/b6-4+,14-13-,19-12+. The number of nitrogens with one attached hydrogen (secondary N) is 1. The highest BCUT2D eigenvalue weighted by Gasteiger charge is 2.28. The smallest absolute Gasteiger partial charge is 0.249 e. The van der Waals surface area contributed by atoms with Crippen molar-refractivity contribution in [2.45, 2.75) is 154 Å². The van der Waals surface area contributed by atoms with Gasteiger partial charge in [0.2, 0.25) is 5.91 Å². The Kier molecular flexibility index (Phi) is 26.1. The van der Waals surface area contributed by atoms with E-state index in [0.717, 1.165) is 51.4 Å². The van der Waals surface area contributed by atoms with Crippen LogP contribution in [0.2, 0.25) is 0 Å². The second-order valence-electron chi connectivity index (χ2n) is 10.4. The molecule has 0 aromatic rings. The highest BCUT2D eigenvalue weighted by Crippen LogP contribution is 2.13. The molecule has 0 saturated carbocycles. The van der Waals surface area contributed by atoms with Gasteiger partial charge in [-0.25, -0.2) is 0 Å². The molecule has 5 N–H and O–H groups in total. The molecule has 1 amide bonds. The Hall–Kier alpha value is -1.47. The minimum atomic E-state index is -1.29. The highest BCUT2D eigenvalue weighted by atomic mass is 16.3. The molecule has 0 aromatic heterocycles. The SMILES string of the molecule is C/C=C/CC/C=C/CCCC(O)C(O)C(CO)NC(=O)C(O)CCCCCCCC/C=C\CCCCCC. The summed E-state index contributed by atoms with van der Waals surface area (Å²) >= 11 is 0. The summed E-state index contributed by atoms with van der Waals surface area (Å²) in [5, 5.41) is 43.0. The predicted octanol–water partition coefficient (Wildman–Crippen LogP) is 6.28. The van der Waals surface area contributed by atoms with E-state index in [0.29, 0.717) is 19.3 Å². The van der Waals surface area contributed by atoms with Crippen LogP contribution in [-0.2, 0) is 4.79 Å². The Labute approximate surface area is 233 Å². The van der Waals surface area contributed by atoms with Crippen molar-refractivity contribution in [3.05, 3.63) is 36.5 Å². The maximum absolute atomic E-state index is 12.3. The molecular formula is C32H59NO5. The molecule has 0 aromatic carbocycles. The number of carbonyl (C=O) groups excluding carboxylic acids is 1. The predicted molar refractivity (Wildman–Crippen MR) is 159 cm³/mol. The van der Waals surface area contributed by atoms with Crippen LogP contribution < -0.4 is 5.32 Å². The van der Waals surface area contributed by atoms with Crippen LogP contribution in [0, 0.1) is 0 Å². The van der Waals surface area contributed by atoms with Crippen LogP contribution >= 0.6 is 0 Å². The van der Waals surface area contributed by atoms with Crippen molar-refractivity contribution in [3.8, 4) is 0 Å². The summed E-state index contributed by atoms with van der Waals surface area (Å²) in [6, 6.07) is -1.01. The molecule has 0 saturated heterocycles. The third kappa shape index (κ3) is 21.5. The molecule has 0 spiro atoms. The van der Waals surface area contributed by atoms with E-state index in [1.54, 1.807) is 0 Å². The third-order valence-corrected chi connectivity index (χ3v) is 6.90. The van der Waals surface area contributed by atoms with Gasteiger partial charge in [-0.3, -0.25) is 4.79 Å². The van der Waals surface area contributed by atoms with Crippen LogP contribution in [0.4, 0.5) is 0 Å². The van der Waals surface area contributed by atoms with Gasteiger partial charge in [-0.05, 0) is 71.1 Å². The normalized spacial score (nSPS) is 15.4.